The van der Waals surface area contributed by atoms with E-state index in [9.17, 15) is 9.18 Å². The summed E-state index contributed by atoms with van der Waals surface area (Å²) in [4.78, 5) is 23.2. The average molecular weight is 425 g/mol. The molecule has 0 fully saturated rings. The molecule has 1 atom stereocenters. The van der Waals surface area contributed by atoms with Gasteiger partial charge in [0.2, 0.25) is 5.95 Å². The lowest BCUT2D eigenvalue weighted by atomic mass is 10.2. The molecular weight excluding hydrogens is 401 g/mol. The van der Waals surface area contributed by atoms with E-state index in [4.69, 9.17) is 9.47 Å². The number of halogens is 1. The topological polar surface area (TPSA) is 88.6 Å². The molecule has 1 heterocycles. The van der Waals surface area contributed by atoms with Crippen molar-refractivity contribution in [3.05, 3.63) is 66.6 Å². The molecule has 0 aliphatic heterocycles. The predicted molar refractivity (Wildman–Crippen MR) is 118 cm³/mol. The largest absolute Gasteiger partial charge is 0.497 e. The minimum Gasteiger partial charge on any atom is -0.497 e. The Kier molecular flexibility index (Phi) is 7.34. The molecule has 2 N–H and O–H groups in total. The number of hydrogen-bond acceptors (Lipinski definition) is 6. The number of nitrogens with zero attached hydrogens (tertiary/aromatic N) is 3. The van der Waals surface area contributed by atoms with Crippen molar-refractivity contribution < 1.29 is 18.7 Å². The van der Waals surface area contributed by atoms with E-state index < -0.39 is 11.8 Å². The number of carbonyl (C=O) groups is 1. The van der Waals surface area contributed by atoms with Crippen LogP contribution < -0.4 is 20.3 Å². The molecular formula is C22H24FN5O3. The fourth-order valence-corrected chi connectivity index (χ4v) is 2.89. The fraction of sp³-hybridized carbons (Fsp3) is 0.227. The first-order valence-corrected chi connectivity index (χ1v) is 9.59. The highest BCUT2D eigenvalue weighted by molar-refractivity contribution is 6.06. The van der Waals surface area contributed by atoms with Crippen molar-refractivity contribution in [1.29, 1.82) is 0 Å². The standard InChI is InChI=1S/C22H24FN5O3/c1-15(14-30-2)25-21-24-12-11-20(27-21)28(18-7-9-19(31-3)10-8-18)22(29)26-17-6-4-5-16(23)13-17/h4-13,15H,14H2,1-3H3,(H,26,29)(H,24,25,27). The number of nitrogens with one attached hydrogen (secondary N) is 2. The van der Waals surface area contributed by atoms with Crippen molar-refractivity contribution in [2.45, 2.75) is 13.0 Å². The molecule has 0 saturated carbocycles. The number of ether oxygens (including phenoxy) is 2. The van der Waals surface area contributed by atoms with Gasteiger partial charge in [0.05, 0.1) is 19.4 Å². The highest BCUT2D eigenvalue weighted by atomic mass is 19.1. The number of benzene rings is 2. The van der Waals surface area contributed by atoms with Crippen LogP contribution in [0.3, 0.4) is 0 Å². The molecule has 8 nitrogen and oxygen atoms in total. The lowest BCUT2D eigenvalue weighted by Gasteiger charge is -2.23. The number of rotatable bonds is 8. The van der Waals surface area contributed by atoms with Gasteiger partial charge >= 0.3 is 6.03 Å². The first kappa shape index (κ1) is 22.0. The second-order valence-corrected chi connectivity index (χ2v) is 6.71. The maximum atomic E-state index is 13.6. The highest BCUT2D eigenvalue weighted by Gasteiger charge is 2.21. The van der Waals surface area contributed by atoms with E-state index in [1.54, 1.807) is 56.8 Å². The molecule has 0 saturated heterocycles. The maximum Gasteiger partial charge on any atom is 0.332 e. The molecule has 1 aromatic heterocycles. The molecule has 0 bridgehead atoms. The Labute approximate surface area is 180 Å². The molecule has 0 radical (unpaired) electrons. The van der Waals surface area contributed by atoms with Crippen molar-refractivity contribution in [2.24, 2.45) is 0 Å². The van der Waals surface area contributed by atoms with Gasteiger partial charge in [-0.25, -0.2) is 19.1 Å². The molecule has 2 aromatic carbocycles. The Hall–Kier alpha value is -3.72. The molecule has 3 aromatic rings. The van der Waals surface area contributed by atoms with Crippen LogP contribution in [0.2, 0.25) is 0 Å². The van der Waals surface area contributed by atoms with Crippen molar-refractivity contribution in [3.8, 4) is 5.75 Å². The monoisotopic (exact) mass is 425 g/mol. The molecule has 0 aliphatic rings. The minimum atomic E-state index is -0.509. The molecule has 162 valence electrons. The summed E-state index contributed by atoms with van der Waals surface area (Å²) in [5.74, 6) is 0.877. The van der Waals surface area contributed by atoms with Gasteiger partial charge in [0.15, 0.2) is 0 Å². The van der Waals surface area contributed by atoms with E-state index in [1.807, 2.05) is 6.92 Å². The summed E-state index contributed by atoms with van der Waals surface area (Å²) in [7, 11) is 3.17. The number of amides is 2. The van der Waals surface area contributed by atoms with Crippen LogP contribution in [0, 0.1) is 5.82 Å². The van der Waals surface area contributed by atoms with Gasteiger partial charge in [-0.15, -0.1) is 0 Å². The number of methoxy groups -OCH3 is 2. The second-order valence-electron chi connectivity index (χ2n) is 6.71. The van der Waals surface area contributed by atoms with Crippen molar-refractivity contribution in [3.63, 3.8) is 0 Å². The summed E-state index contributed by atoms with van der Waals surface area (Å²) in [5, 5.41) is 5.83. The number of carbonyl (C=O) groups excluding carboxylic acids is 1. The zero-order valence-electron chi connectivity index (χ0n) is 17.5. The van der Waals surface area contributed by atoms with E-state index in [0.29, 0.717) is 35.5 Å². The van der Waals surface area contributed by atoms with Crippen molar-refractivity contribution in [2.75, 3.05) is 36.4 Å². The van der Waals surface area contributed by atoms with Gasteiger partial charge in [0, 0.05) is 31.1 Å². The Balaban J connectivity index is 1.94. The zero-order valence-corrected chi connectivity index (χ0v) is 17.5. The number of anilines is 4. The Morgan fingerprint density at radius 1 is 1.16 bits per heavy atom. The number of aromatic nitrogens is 2. The third kappa shape index (κ3) is 5.89. The Morgan fingerprint density at radius 2 is 1.94 bits per heavy atom. The SMILES string of the molecule is COCC(C)Nc1nccc(N(C(=O)Nc2cccc(F)c2)c2ccc(OC)cc2)n1. The van der Waals surface area contributed by atoms with Crippen LogP contribution in [0.25, 0.3) is 0 Å². The summed E-state index contributed by atoms with van der Waals surface area (Å²) in [6.07, 6.45) is 1.55. The summed E-state index contributed by atoms with van der Waals surface area (Å²) >= 11 is 0. The van der Waals surface area contributed by atoms with E-state index in [2.05, 4.69) is 20.6 Å². The van der Waals surface area contributed by atoms with Crippen LogP contribution >= 0.6 is 0 Å². The van der Waals surface area contributed by atoms with Crippen LogP contribution in [-0.2, 0) is 4.74 Å². The van der Waals surface area contributed by atoms with Gasteiger partial charge in [-0.2, -0.15) is 4.98 Å². The van der Waals surface area contributed by atoms with Crippen LogP contribution in [0.1, 0.15) is 6.92 Å². The summed E-state index contributed by atoms with van der Waals surface area (Å²) in [6, 6.07) is 13.7. The Bertz CT molecular complexity index is 1020. The summed E-state index contributed by atoms with van der Waals surface area (Å²) in [6.45, 7) is 2.40. The van der Waals surface area contributed by atoms with Crippen LogP contribution in [-0.4, -0.2) is 42.9 Å². The summed E-state index contributed by atoms with van der Waals surface area (Å²) < 4.78 is 23.9. The summed E-state index contributed by atoms with van der Waals surface area (Å²) in [5.41, 5.74) is 0.869. The quantitative estimate of drug-likeness (QED) is 0.555. The van der Waals surface area contributed by atoms with E-state index in [0.717, 1.165) is 0 Å². The average Bonchev–Trinajstić information content (AvgIpc) is 2.75. The molecule has 0 aliphatic carbocycles. The molecule has 9 heteroatoms. The van der Waals surface area contributed by atoms with Gasteiger partial charge in [-0.1, -0.05) is 6.07 Å². The van der Waals surface area contributed by atoms with Gasteiger partial charge in [0.1, 0.15) is 17.4 Å². The number of hydrogen-bond donors (Lipinski definition) is 2. The third-order valence-electron chi connectivity index (χ3n) is 4.27. The maximum absolute atomic E-state index is 13.6. The van der Waals surface area contributed by atoms with E-state index in [1.165, 1.54) is 23.1 Å². The molecule has 1 unspecified atom stereocenters. The normalized spacial score (nSPS) is 11.5. The van der Waals surface area contributed by atoms with Gasteiger partial charge < -0.3 is 20.1 Å². The minimum absolute atomic E-state index is 0.0317. The van der Waals surface area contributed by atoms with Crippen LogP contribution in [0.15, 0.2) is 60.8 Å². The van der Waals surface area contributed by atoms with Crippen LogP contribution in [0.4, 0.5) is 32.3 Å². The first-order chi connectivity index (χ1) is 15.0. The van der Waals surface area contributed by atoms with Crippen LogP contribution in [0.5, 0.6) is 5.75 Å². The first-order valence-electron chi connectivity index (χ1n) is 9.59. The van der Waals surface area contributed by atoms with Crippen molar-refractivity contribution >= 4 is 29.2 Å². The Morgan fingerprint density at radius 3 is 2.61 bits per heavy atom. The molecule has 0 spiro atoms. The van der Waals surface area contributed by atoms with E-state index >= 15 is 0 Å². The molecule has 3 rings (SSSR count). The van der Waals surface area contributed by atoms with Gasteiger partial charge in [0.25, 0.3) is 0 Å². The lowest BCUT2D eigenvalue weighted by Crippen LogP contribution is -2.32. The van der Waals surface area contributed by atoms with Gasteiger partial charge in [-0.05, 0) is 49.4 Å². The highest BCUT2D eigenvalue weighted by Crippen LogP contribution is 2.27. The predicted octanol–water partition coefficient (Wildman–Crippen LogP) is 4.44. The molecule has 31 heavy (non-hydrogen) atoms. The second kappa shape index (κ2) is 10.4. The smallest absolute Gasteiger partial charge is 0.332 e. The number of urea groups is 1. The van der Waals surface area contributed by atoms with E-state index in [-0.39, 0.29) is 6.04 Å². The third-order valence-corrected chi connectivity index (χ3v) is 4.27. The zero-order chi connectivity index (χ0) is 22.2. The lowest BCUT2D eigenvalue weighted by molar-refractivity contribution is 0.190. The van der Waals surface area contributed by atoms with Crippen molar-refractivity contribution in [1.82, 2.24) is 9.97 Å². The molecule has 2 amide bonds. The van der Waals surface area contributed by atoms with Gasteiger partial charge in [-0.3, -0.25) is 0 Å². The fourth-order valence-electron chi connectivity index (χ4n) is 2.89.